The maximum absolute atomic E-state index is 13.7. The van der Waals surface area contributed by atoms with E-state index >= 15 is 0 Å². The van der Waals surface area contributed by atoms with Crippen molar-refractivity contribution in [2.24, 2.45) is 23.3 Å². The molecule has 12 N–H and O–H groups in total. The van der Waals surface area contributed by atoms with Crippen LogP contribution in [0.25, 0.3) is 0 Å². The number of aliphatic carboxylic acids is 1. The molecule has 2 aromatic rings. The Bertz CT molecular complexity index is 1630. The number of benzene rings is 1. The number of phenols is 1. The molecule has 0 fully saturated rings. The topological polar surface area (TPSA) is 301 Å². The number of phenolic OH excluding ortho intramolecular Hbond substituents is 1. The monoisotopic (exact) mass is 774 g/mol. The van der Waals surface area contributed by atoms with Crippen LogP contribution in [0.1, 0.15) is 52.2 Å². The van der Waals surface area contributed by atoms with Gasteiger partial charge in [-0.1, -0.05) is 39.8 Å². The van der Waals surface area contributed by atoms with E-state index in [1.807, 2.05) is 0 Å². The van der Waals surface area contributed by atoms with Crippen LogP contribution >= 0.6 is 11.3 Å². The van der Waals surface area contributed by atoms with Gasteiger partial charge in [-0.3, -0.25) is 38.4 Å². The Morgan fingerprint density at radius 1 is 0.667 bits per heavy atom. The lowest BCUT2D eigenvalue weighted by atomic mass is 9.99. The Kier molecular flexibility index (Phi) is 17.5. The number of hydrogen-bond acceptors (Lipinski definition) is 11. The number of thiophene rings is 1. The molecule has 1 heterocycles. The van der Waals surface area contributed by atoms with E-state index in [0.29, 0.717) is 11.1 Å². The van der Waals surface area contributed by atoms with Crippen molar-refractivity contribution in [1.29, 1.82) is 0 Å². The molecule has 0 aliphatic carbocycles. The summed E-state index contributed by atoms with van der Waals surface area (Å²) in [7, 11) is 0. The summed E-state index contributed by atoms with van der Waals surface area (Å²) < 4.78 is 0. The second kappa shape index (κ2) is 21.2. The molecule has 1 aromatic heterocycles. The molecular weight excluding hydrogens is 724 g/mol. The summed E-state index contributed by atoms with van der Waals surface area (Å²) >= 11 is 1.33. The standard InChI is InChI=1S/C35H50N8O10S/c1-17(2)28(34(52)38-15-26(37)45)43-35(53)29(18(3)4)42-33(51)25(14-27(46)47)41-32(50)24(13-21-10-11-54-16-21)40-30(48)19(5)39-31(49)23(36)12-20-6-8-22(44)9-7-20/h6-11,16-19,23-25,28-29,44H,12-15,36H2,1-5H3,(H2,37,45)(H,38,52)(H,39,49)(H,40,48)(H,41,50)(H,42,51)(H,43,53)(H,46,47)/t19-,23+,24+,25+,28+,29+/m1/s1. The highest BCUT2D eigenvalue weighted by Gasteiger charge is 2.35. The smallest absolute Gasteiger partial charge is 0.305 e. The molecule has 0 radical (unpaired) electrons. The van der Waals surface area contributed by atoms with Crippen LogP contribution in [0, 0.1) is 11.8 Å². The molecule has 18 nitrogen and oxygen atoms in total. The largest absolute Gasteiger partial charge is 0.508 e. The Balaban J connectivity index is 2.20. The van der Waals surface area contributed by atoms with Crippen molar-refractivity contribution in [1.82, 2.24) is 31.9 Å². The van der Waals surface area contributed by atoms with Gasteiger partial charge >= 0.3 is 5.97 Å². The third kappa shape index (κ3) is 14.8. The van der Waals surface area contributed by atoms with Gasteiger partial charge in [0.15, 0.2) is 0 Å². The summed E-state index contributed by atoms with van der Waals surface area (Å²) in [5.74, 6) is -8.07. The van der Waals surface area contributed by atoms with Crippen LogP contribution in [0.2, 0.25) is 0 Å². The van der Waals surface area contributed by atoms with Crippen molar-refractivity contribution >= 4 is 58.7 Å². The number of hydrogen-bond donors (Lipinski definition) is 10. The van der Waals surface area contributed by atoms with E-state index in [-0.39, 0.29) is 18.6 Å². The van der Waals surface area contributed by atoms with Crippen molar-refractivity contribution in [3.63, 3.8) is 0 Å². The first kappa shape index (κ1) is 44.6. The number of aromatic hydroxyl groups is 1. The number of primary amides is 1. The van der Waals surface area contributed by atoms with Crippen molar-refractivity contribution in [2.45, 2.75) is 90.1 Å². The average Bonchev–Trinajstić information content (AvgIpc) is 3.61. The van der Waals surface area contributed by atoms with Crippen LogP contribution in [-0.2, 0) is 51.2 Å². The van der Waals surface area contributed by atoms with Crippen LogP contribution in [0.4, 0.5) is 0 Å². The van der Waals surface area contributed by atoms with E-state index < -0.39 is 108 Å². The molecule has 296 valence electrons. The van der Waals surface area contributed by atoms with Gasteiger partial charge in [0.25, 0.3) is 0 Å². The normalized spacial score (nSPS) is 14.4. The van der Waals surface area contributed by atoms with Gasteiger partial charge in [0.2, 0.25) is 41.4 Å². The molecule has 0 unspecified atom stereocenters. The van der Waals surface area contributed by atoms with Gasteiger partial charge in [0.05, 0.1) is 19.0 Å². The maximum atomic E-state index is 13.7. The van der Waals surface area contributed by atoms with Crippen LogP contribution in [0.15, 0.2) is 41.1 Å². The maximum Gasteiger partial charge on any atom is 0.305 e. The van der Waals surface area contributed by atoms with Gasteiger partial charge < -0.3 is 53.6 Å². The Morgan fingerprint density at radius 3 is 1.76 bits per heavy atom. The summed E-state index contributed by atoms with van der Waals surface area (Å²) in [6, 6.07) is 0.126. The van der Waals surface area contributed by atoms with Crippen molar-refractivity contribution in [3.05, 3.63) is 52.2 Å². The highest BCUT2D eigenvalue weighted by atomic mass is 32.1. The fourth-order valence-corrected chi connectivity index (χ4v) is 5.70. The zero-order chi connectivity index (χ0) is 40.7. The van der Waals surface area contributed by atoms with Crippen LogP contribution in [0.3, 0.4) is 0 Å². The number of nitrogens with one attached hydrogen (secondary N) is 6. The minimum atomic E-state index is -1.71. The highest BCUT2D eigenvalue weighted by molar-refractivity contribution is 7.07. The molecule has 2 rings (SSSR count). The van der Waals surface area contributed by atoms with Crippen molar-refractivity contribution in [3.8, 4) is 5.75 Å². The third-order valence-electron chi connectivity index (χ3n) is 8.08. The summed E-state index contributed by atoms with van der Waals surface area (Å²) in [6.45, 7) is 7.40. The SMILES string of the molecule is CC(C)[C@H](NC(=O)[C@H](CC(=O)O)NC(=O)[C@H](Cc1ccsc1)NC(=O)[C@@H](C)NC(=O)[C@@H](N)Cc1ccc(O)cc1)C(=O)N[C@H](C(=O)NCC(N)=O)C(C)C. The molecule has 0 spiro atoms. The number of nitrogens with two attached hydrogens (primary N) is 2. The molecule has 0 saturated heterocycles. The zero-order valence-corrected chi connectivity index (χ0v) is 31.5. The van der Waals surface area contributed by atoms with Crippen LogP contribution in [-0.4, -0.2) is 100 Å². The Hall–Kier alpha value is -5.56. The fraction of sp³-hybridized carbons (Fsp3) is 0.486. The molecule has 19 heteroatoms. The minimum Gasteiger partial charge on any atom is -0.508 e. The number of amides is 7. The summed E-state index contributed by atoms with van der Waals surface area (Å²) in [6.07, 6.45) is -0.839. The lowest BCUT2D eigenvalue weighted by molar-refractivity contribution is -0.141. The van der Waals surface area contributed by atoms with E-state index in [1.54, 1.807) is 56.7 Å². The van der Waals surface area contributed by atoms with Crippen molar-refractivity contribution < 1.29 is 48.6 Å². The van der Waals surface area contributed by atoms with Gasteiger partial charge in [-0.25, -0.2) is 0 Å². The van der Waals surface area contributed by atoms with Gasteiger partial charge in [-0.15, -0.1) is 0 Å². The van der Waals surface area contributed by atoms with Crippen molar-refractivity contribution in [2.75, 3.05) is 6.54 Å². The molecule has 0 bridgehead atoms. The number of carboxylic acid groups (broad SMARTS) is 1. The first-order valence-electron chi connectivity index (χ1n) is 17.1. The fourth-order valence-electron chi connectivity index (χ4n) is 5.02. The van der Waals surface area contributed by atoms with Gasteiger partial charge in [-0.2, -0.15) is 11.3 Å². The van der Waals surface area contributed by atoms with Gasteiger partial charge in [0, 0.05) is 6.42 Å². The molecule has 7 amide bonds. The second-order valence-electron chi connectivity index (χ2n) is 13.4. The third-order valence-corrected chi connectivity index (χ3v) is 8.81. The highest BCUT2D eigenvalue weighted by Crippen LogP contribution is 2.13. The number of carbonyl (C=O) groups is 8. The number of carboxylic acids is 1. The Morgan fingerprint density at radius 2 is 1.22 bits per heavy atom. The summed E-state index contributed by atoms with van der Waals surface area (Å²) in [5, 5.41) is 37.3. The first-order valence-corrected chi connectivity index (χ1v) is 18.1. The molecular formula is C35H50N8O10S. The van der Waals surface area contributed by atoms with E-state index in [0.717, 1.165) is 0 Å². The number of rotatable bonds is 21. The molecule has 0 saturated carbocycles. The molecule has 6 atom stereocenters. The van der Waals surface area contributed by atoms with E-state index in [9.17, 15) is 48.6 Å². The molecule has 0 aliphatic heterocycles. The lowest BCUT2D eigenvalue weighted by Crippen LogP contribution is -2.61. The quantitative estimate of drug-likeness (QED) is 0.0689. The first-order chi connectivity index (χ1) is 25.3. The average molecular weight is 775 g/mol. The zero-order valence-electron chi connectivity index (χ0n) is 30.7. The summed E-state index contributed by atoms with van der Waals surface area (Å²) in [5.41, 5.74) is 12.4. The van der Waals surface area contributed by atoms with Gasteiger partial charge in [-0.05, 0) is 65.3 Å². The van der Waals surface area contributed by atoms with Crippen LogP contribution in [0.5, 0.6) is 5.75 Å². The Labute approximate surface area is 316 Å². The van der Waals surface area contributed by atoms with E-state index in [4.69, 9.17) is 11.5 Å². The van der Waals surface area contributed by atoms with E-state index in [2.05, 4.69) is 31.9 Å². The lowest BCUT2D eigenvalue weighted by Gasteiger charge is -2.28. The minimum absolute atomic E-state index is 0.0446. The predicted molar refractivity (Wildman–Crippen MR) is 197 cm³/mol. The second-order valence-corrected chi connectivity index (χ2v) is 14.2. The van der Waals surface area contributed by atoms with Gasteiger partial charge in [0.1, 0.15) is 36.0 Å². The van der Waals surface area contributed by atoms with E-state index in [1.165, 1.54) is 30.4 Å². The predicted octanol–water partition coefficient (Wildman–Crippen LogP) is -1.60. The summed E-state index contributed by atoms with van der Waals surface area (Å²) in [4.78, 5) is 102. The molecule has 0 aliphatic rings. The molecule has 1 aromatic carbocycles. The number of carbonyl (C=O) groups excluding carboxylic acids is 7. The van der Waals surface area contributed by atoms with Crippen LogP contribution < -0.4 is 43.4 Å². The molecule has 54 heavy (non-hydrogen) atoms.